The highest BCUT2D eigenvalue weighted by Gasteiger charge is 2.31. The molecule has 0 amide bonds. The van der Waals surface area contributed by atoms with Gasteiger partial charge in [-0.2, -0.15) is 0 Å². The zero-order valence-electron chi connectivity index (χ0n) is 18.1. The molecule has 0 aromatic heterocycles. The lowest BCUT2D eigenvalue weighted by atomic mass is 10.1. The average Bonchev–Trinajstić information content (AvgIpc) is 3.04. The van der Waals surface area contributed by atoms with Crippen LogP contribution in [0, 0.1) is 0 Å². The van der Waals surface area contributed by atoms with Crippen LogP contribution >= 0.6 is 23.5 Å². The van der Waals surface area contributed by atoms with Crippen LogP contribution in [0.25, 0.3) is 0 Å². The van der Waals surface area contributed by atoms with Crippen molar-refractivity contribution in [2.45, 2.75) is 85.6 Å². The lowest BCUT2D eigenvalue weighted by molar-refractivity contribution is -0.133. The molecule has 1 aromatic carbocycles. The number of hydrogen-bond donors (Lipinski definition) is 1. The SMILES string of the molecule is CCCCCCCCCCCCN1c2ccc(S(C)(=O)=O)cc2SC1SCC(=O)O. The highest BCUT2D eigenvalue weighted by Crippen LogP contribution is 2.48. The Kier molecular flexibility index (Phi) is 10.9. The largest absolute Gasteiger partial charge is 0.481 e. The predicted molar refractivity (Wildman–Crippen MR) is 128 cm³/mol. The number of benzene rings is 1. The second-order valence-electron chi connectivity index (χ2n) is 7.91. The fraction of sp³-hybridized carbons (Fsp3) is 0.682. The number of carboxylic acids is 1. The Bertz CT molecular complexity index is 783. The Morgan fingerprint density at radius 2 is 1.67 bits per heavy atom. The van der Waals surface area contributed by atoms with E-state index in [1.165, 1.54) is 75.8 Å². The maximum atomic E-state index is 11.9. The van der Waals surface area contributed by atoms with Gasteiger partial charge in [0.05, 0.1) is 16.3 Å². The number of fused-ring (bicyclic) bond motifs is 1. The van der Waals surface area contributed by atoms with Crippen LogP contribution in [0.4, 0.5) is 5.69 Å². The topological polar surface area (TPSA) is 74.7 Å². The molecular formula is C22H35NO4S3. The number of hydrogen-bond acceptors (Lipinski definition) is 6. The molecule has 1 aliphatic rings. The Morgan fingerprint density at radius 1 is 1.07 bits per heavy atom. The minimum Gasteiger partial charge on any atom is -0.481 e. The number of thioether (sulfide) groups is 2. The third kappa shape index (κ3) is 8.35. The first-order valence-electron chi connectivity index (χ1n) is 10.9. The number of nitrogens with zero attached hydrogens (tertiary/aromatic N) is 1. The molecule has 1 heterocycles. The molecule has 0 bridgehead atoms. The van der Waals surface area contributed by atoms with E-state index in [0.717, 1.165) is 23.5 Å². The summed E-state index contributed by atoms with van der Waals surface area (Å²) in [4.78, 5) is 14.5. The van der Waals surface area contributed by atoms with Crippen molar-refractivity contribution in [2.75, 3.05) is 23.5 Å². The lowest BCUT2D eigenvalue weighted by Gasteiger charge is -2.25. The molecule has 0 spiro atoms. The first-order valence-corrected chi connectivity index (χ1v) is 14.8. The van der Waals surface area contributed by atoms with Crippen LogP contribution < -0.4 is 4.90 Å². The van der Waals surface area contributed by atoms with Crippen molar-refractivity contribution in [1.29, 1.82) is 0 Å². The molecule has 1 aliphatic heterocycles. The van der Waals surface area contributed by atoms with E-state index in [-0.39, 0.29) is 10.5 Å². The third-order valence-corrected chi connectivity index (χ3v) is 9.05. The molecule has 0 radical (unpaired) electrons. The van der Waals surface area contributed by atoms with Crippen LogP contribution in [0.2, 0.25) is 0 Å². The summed E-state index contributed by atoms with van der Waals surface area (Å²) in [7, 11) is -3.26. The number of carbonyl (C=O) groups is 1. The monoisotopic (exact) mass is 473 g/mol. The molecule has 30 heavy (non-hydrogen) atoms. The van der Waals surface area contributed by atoms with Crippen molar-refractivity contribution >= 4 is 45.0 Å². The standard InChI is InChI=1S/C22H35NO4S3/c1-3-4-5-6-7-8-9-10-11-12-15-23-19-14-13-18(30(2,26)27)16-20(19)29-22(23)28-17-21(24)25/h13-14,16,22H,3-12,15,17H2,1-2H3,(H,24,25). The second-order valence-corrected chi connectivity index (χ2v) is 12.4. The quantitative estimate of drug-likeness (QED) is 0.312. The number of sulfone groups is 1. The van der Waals surface area contributed by atoms with Gasteiger partial charge in [-0.3, -0.25) is 4.79 Å². The molecular weight excluding hydrogens is 438 g/mol. The van der Waals surface area contributed by atoms with E-state index in [1.807, 2.05) is 6.07 Å². The molecule has 2 rings (SSSR count). The minimum atomic E-state index is -3.26. The van der Waals surface area contributed by atoms with Gasteiger partial charge in [0.1, 0.15) is 4.71 Å². The zero-order valence-corrected chi connectivity index (χ0v) is 20.6. The van der Waals surface area contributed by atoms with Gasteiger partial charge >= 0.3 is 5.97 Å². The first kappa shape index (κ1) is 25.4. The van der Waals surface area contributed by atoms with Crippen molar-refractivity contribution in [3.63, 3.8) is 0 Å². The fourth-order valence-corrected chi connectivity index (χ4v) is 6.86. The van der Waals surface area contributed by atoms with E-state index in [9.17, 15) is 13.2 Å². The summed E-state index contributed by atoms with van der Waals surface area (Å²) in [5.41, 5.74) is 1.02. The van der Waals surface area contributed by atoms with E-state index < -0.39 is 15.8 Å². The zero-order chi connectivity index (χ0) is 22.0. The molecule has 8 heteroatoms. The number of anilines is 1. The van der Waals surface area contributed by atoms with Gasteiger partial charge in [-0.05, 0) is 24.6 Å². The fourth-order valence-electron chi connectivity index (χ4n) is 3.60. The van der Waals surface area contributed by atoms with Crippen molar-refractivity contribution in [2.24, 2.45) is 0 Å². The van der Waals surface area contributed by atoms with Crippen LogP contribution in [0.3, 0.4) is 0 Å². The molecule has 1 atom stereocenters. The van der Waals surface area contributed by atoms with Crippen molar-refractivity contribution in [3.05, 3.63) is 18.2 Å². The Hall–Kier alpha value is -0.860. The summed E-state index contributed by atoms with van der Waals surface area (Å²) in [6, 6.07) is 5.25. The lowest BCUT2D eigenvalue weighted by Crippen LogP contribution is -2.28. The van der Waals surface area contributed by atoms with Gasteiger partial charge in [-0.15, -0.1) is 11.8 Å². The van der Waals surface area contributed by atoms with Crippen molar-refractivity contribution in [3.8, 4) is 0 Å². The van der Waals surface area contributed by atoms with Crippen molar-refractivity contribution in [1.82, 2.24) is 0 Å². The highest BCUT2D eigenvalue weighted by atomic mass is 32.2. The summed E-state index contributed by atoms with van der Waals surface area (Å²) < 4.78 is 23.7. The summed E-state index contributed by atoms with van der Waals surface area (Å²) in [6.07, 6.45) is 14.0. The van der Waals surface area contributed by atoms with Gasteiger partial charge < -0.3 is 10.0 Å². The normalized spacial score (nSPS) is 16.1. The van der Waals surface area contributed by atoms with Gasteiger partial charge in [0.25, 0.3) is 0 Å². The van der Waals surface area contributed by atoms with Gasteiger partial charge in [0, 0.05) is 17.7 Å². The Labute approximate surface area is 190 Å². The Morgan fingerprint density at radius 3 is 2.23 bits per heavy atom. The summed E-state index contributed by atoms with van der Waals surface area (Å²) >= 11 is 2.95. The highest BCUT2D eigenvalue weighted by molar-refractivity contribution is 8.17. The smallest absolute Gasteiger partial charge is 0.313 e. The third-order valence-electron chi connectivity index (χ3n) is 5.25. The van der Waals surface area contributed by atoms with E-state index in [4.69, 9.17) is 5.11 Å². The Balaban J connectivity index is 1.85. The van der Waals surface area contributed by atoms with Crippen molar-refractivity contribution < 1.29 is 18.3 Å². The molecule has 0 aliphatic carbocycles. The van der Waals surface area contributed by atoms with Crippen LogP contribution in [0.5, 0.6) is 0 Å². The van der Waals surface area contributed by atoms with Gasteiger partial charge in [-0.25, -0.2) is 8.42 Å². The molecule has 170 valence electrons. The molecule has 1 N–H and O–H groups in total. The second kappa shape index (κ2) is 12.9. The number of rotatable bonds is 15. The summed E-state index contributed by atoms with van der Waals surface area (Å²) in [6.45, 7) is 3.11. The van der Waals surface area contributed by atoms with Crippen LogP contribution in [-0.2, 0) is 14.6 Å². The van der Waals surface area contributed by atoms with Crippen LogP contribution in [0.1, 0.15) is 71.1 Å². The van der Waals surface area contributed by atoms with E-state index >= 15 is 0 Å². The number of unbranched alkanes of at least 4 members (excludes halogenated alkanes) is 9. The molecule has 0 saturated heterocycles. The molecule has 1 aromatic rings. The summed E-state index contributed by atoms with van der Waals surface area (Å²) in [5.74, 6) is -0.786. The van der Waals surface area contributed by atoms with Gasteiger partial charge in [-0.1, -0.05) is 76.5 Å². The van der Waals surface area contributed by atoms with E-state index in [1.54, 1.807) is 23.9 Å². The van der Waals surface area contributed by atoms with Crippen LogP contribution in [0.15, 0.2) is 28.0 Å². The minimum absolute atomic E-state index is 0.0236. The molecule has 0 fully saturated rings. The number of carboxylic acid groups (broad SMARTS) is 1. The predicted octanol–water partition coefficient (Wildman–Crippen LogP) is 6.02. The average molecular weight is 474 g/mol. The summed E-state index contributed by atoms with van der Waals surface area (Å²) in [5, 5.41) is 9.06. The molecule has 1 unspecified atom stereocenters. The maximum absolute atomic E-state index is 11.9. The van der Waals surface area contributed by atoms with Gasteiger partial charge in [0.15, 0.2) is 9.84 Å². The van der Waals surface area contributed by atoms with Crippen LogP contribution in [-0.4, -0.2) is 42.8 Å². The van der Waals surface area contributed by atoms with E-state index in [2.05, 4.69) is 11.8 Å². The van der Waals surface area contributed by atoms with E-state index in [0.29, 0.717) is 4.90 Å². The maximum Gasteiger partial charge on any atom is 0.313 e. The van der Waals surface area contributed by atoms with Gasteiger partial charge in [0.2, 0.25) is 0 Å². The molecule has 5 nitrogen and oxygen atoms in total. The first-order chi connectivity index (χ1) is 14.3. The number of aliphatic carboxylic acids is 1. The molecule has 0 saturated carbocycles.